The van der Waals surface area contributed by atoms with E-state index in [2.05, 4.69) is 0 Å². The molecule has 1 heterocycles. The van der Waals surface area contributed by atoms with Gasteiger partial charge >= 0.3 is 6.09 Å². The predicted molar refractivity (Wildman–Crippen MR) is 117 cm³/mol. The second-order valence-corrected chi connectivity index (χ2v) is 8.63. The Morgan fingerprint density at radius 1 is 1.21 bits per heavy atom. The number of carbonyl (C=O) groups is 2. The Balaban J connectivity index is 1.64. The van der Waals surface area contributed by atoms with Gasteiger partial charge in [0.2, 0.25) is 5.91 Å². The summed E-state index contributed by atoms with van der Waals surface area (Å²) in [5.74, 6) is 0.306. The number of rotatable bonds is 7. The van der Waals surface area contributed by atoms with Gasteiger partial charge in [0, 0.05) is 0 Å². The smallest absolute Gasteiger partial charge is 0.417 e. The van der Waals surface area contributed by atoms with Gasteiger partial charge in [-0.1, -0.05) is 78.9 Å². The molecule has 0 bridgehead atoms. The minimum absolute atomic E-state index is 0.0761. The molecule has 29 heavy (non-hydrogen) atoms. The molecule has 6 nitrogen and oxygen atoms in total. The van der Waals surface area contributed by atoms with Gasteiger partial charge < -0.3 is 14.6 Å². The largest absolute Gasteiger partial charge is 0.489 e. The van der Waals surface area contributed by atoms with Crippen LogP contribution in [-0.2, 0) is 16.1 Å². The van der Waals surface area contributed by atoms with Gasteiger partial charge in [-0.3, -0.25) is 4.79 Å². The van der Waals surface area contributed by atoms with Crippen LogP contribution < -0.4 is 4.74 Å². The van der Waals surface area contributed by atoms with E-state index >= 15 is 0 Å². The van der Waals surface area contributed by atoms with Gasteiger partial charge in [-0.25, -0.2) is 9.69 Å². The number of carbonyl (C=O) groups excluding carboxylic acids is 2. The highest BCUT2D eigenvalue weighted by atomic mass is 127. The topological polar surface area (TPSA) is 76.1 Å². The molecule has 0 saturated carbocycles. The van der Waals surface area contributed by atoms with E-state index < -0.39 is 22.0 Å². The Bertz CT molecular complexity index is 840. The molecule has 2 aromatic carbocycles. The van der Waals surface area contributed by atoms with Crippen LogP contribution in [0.15, 0.2) is 54.6 Å². The van der Waals surface area contributed by atoms with Gasteiger partial charge in [0.15, 0.2) is 0 Å². The lowest BCUT2D eigenvalue weighted by molar-refractivity contribution is -0.130. The molecule has 1 fully saturated rings. The third-order valence-electron chi connectivity index (χ3n) is 4.90. The molecule has 0 unspecified atom stereocenters. The zero-order chi connectivity index (χ0) is 21.0. The van der Waals surface area contributed by atoms with E-state index in [4.69, 9.17) is 9.47 Å². The van der Waals surface area contributed by atoms with Crippen LogP contribution in [-0.4, -0.2) is 38.6 Å². The van der Waals surface area contributed by atoms with Crippen molar-refractivity contribution in [3.05, 3.63) is 65.7 Å². The Morgan fingerprint density at radius 2 is 1.86 bits per heavy atom. The summed E-state index contributed by atoms with van der Waals surface area (Å²) in [6.45, 7) is 4.50. The molecule has 1 aliphatic rings. The number of ether oxygens (including phenoxy) is 2. The maximum atomic E-state index is 12.8. The average Bonchev–Trinajstić information content (AvgIpc) is 3.13. The third kappa shape index (κ3) is 5.08. The van der Waals surface area contributed by atoms with Crippen molar-refractivity contribution >= 4 is 34.6 Å². The van der Waals surface area contributed by atoms with E-state index in [9.17, 15) is 14.7 Å². The summed E-state index contributed by atoms with van der Waals surface area (Å²) < 4.78 is 9.98. The van der Waals surface area contributed by atoms with Crippen molar-refractivity contribution in [2.75, 3.05) is 6.61 Å². The first-order chi connectivity index (χ1) is 13.9. The number of amides is 2. The summed E-state index contributed by atoms with van der Waals surface area (Å²) in [5.41, 5.74) is 1.64. The lowest BCUT2D eigenvalue weighted by atomic mass is 10.0. The number of cyclic esters (lactones) is 1. The standard InChI is InChI=1S/C22H24INO5/c1-14(2)18-13-29-22(27)24(18)21(26)19(23)20(25)16-8-10-17(11-9-16)28-12-15-6-4-3-5-7-15/h3-11,14,18-20,25H,12-13H2,1-2H3/t18-,19+,20+/m1/s1. The van der Waals surface area contributed by atoms with Crippen LogP contribution in [0.3, 0.4) is 0 Å². The Hall–Kier alpha value is -2.13. The van der Waals surface area contributed by atoms with Crippen molar-refractivity contribution in [2.24, 2.45) is 5.92 Å². The molecule has 3 atom stereocenters. The predicted octanol–water partition coefficient (Wildman–Crippen LogP) is 4.11. The molecule has 0 radical (unpaired) electrons. The van der Waals surface area contributed by atoms with Crippen LogP contribution in [0.4, 0.5) is 4.79 Å². The number of benzene rings is 2. The van der Waals surface area contributed by atoms with Crippen LogP contribution in [0.1, 0.15) is 31.1 Å². The number of hydrogen-bond donors (Lipinski definition) is 1. The summed E-state index contributed by atoms with van der Waals surface area (Å²) in [7, 11) is 0. The normalized spacial score (nSPS) is 18.4. The van der Waals surface area contributed by atoms with Crippen LogP contribution in [0.5, 0.6) is 5.75 Å². The van der Waals surface area contributed by atoms with Gasteiger partial charge in [-0.15, -0.1) is 0 Å². The highest BCUT2D eigenvalue weighted by Gasteiger charge is 2.43. The molecule has 154 valence electrons. The van der Waals surface area contributed by atoms with Crippen LogP contribution in [0.25, 0.3) is 0 Å². The van der Waals surface area contributed by atoms with Crippen molar-refractivity contribution in [3.63, 3.8) is 0 Å². The Kier molecular flexibility index (Phi) is 7.13. The van der Waals surface area contributed by atoms with E-state index in [1.807, 2.05) is 66.8 Å². The highest BCUT2D eigenvalue weighted by molar-refractivity contribution is 14.1. The number of alkyl halides is 1. The SMILES string of the molecule is CC(C)[C@H]1COC(=O)N1C(=O)[C@@H](I)[C@@H](O)c1ccc(OCc2ccccc2)cc1. The third-order valence-corrected chi connectivity index (χ3v) is 6.11. The first-order valence-corrected chi connectivity index (χ1v) is 10.7. The molecule has 3 rings (SSSR count). The fourth-order valence-corrected chi connectivity index (χ4v) is 3.83. The molecule has 0 spiro atoms. The van der Waals surface area contributed by atoms with Crippen molar-refractivity contribution in [3.8, 4) is 5.75 Å². The summed E-state index contributed by atoms with van der Waals surface area (Å²) in [4.78, 5) is 26.0. The molecule has 2 aromatic rings. The number of halogens is 1. The van der Waals surface area contributed by atoms with E-state index in [0.717, 1.165) is 10.5 Å². The molecule has 1 N–H and O–H groups in total. The van der Waals surface area contributed by atoms with Crippen LogP contribution in [0.2, 0.25) is 0 Å². The van der Waals surface area contributed by atoms with Gasteiger partial charge in [-0.2, -0.15) is 0 Å². The lowest BCUT2D eigenvalue weighted by Gasteiger charge is -2.26. The van der Waals surface area contributed by atoms with E-state index in [1.165, 1.54) is 0 Å². The van der Waals surface area contributed by atoms with Crippen LogP contribution >= 0.6 is 22.6 Å². The highest BCUT2D eigenvalue weighted by Crippen LogP contribution is 2.29. The first kappa shape index (κ1) is 21.6. The van der Waals surface area contributed by atoms with Gasteiger partial charge in [0.05, 0.1) is 12.1 Å². The van der Waals surface area contributed by atoms with E-state index in [-0.39, 0.29) is 18.6 Å². The fraction of sp³-hybridized carbons (Fsp3) is 0.364. The Morgan fingerprint density at radius 3 is 2.48 bits per heavy atom. The molecular weight excluding hydrogens is 485 g/mol. The summed E-state index contributed by atoms with van der Waals surface area (Å²) in [6.07, 6.45) is -1.69. The van der Waals surface area contributed by atoms with Crippen molar-refractivity contribution in [1.82, 2.24) is 4.90 Å². The summed E-state index contributed by atoms with van der Waals surface area (Å²) in [6, 6.07) is 16.5. The molecule has 0 aliphatic carbocycles. The zero-order valence-corrected chi connectivity index (χ0v) is 18.5. The minimum atomic E-state index is -1.05. The number of nitrogens with zero attached hydrogens (tertiary/aromatic N) is 1. The maximum absolute atomic E-state index is 12.8. The lowest BCUT2D eigenvalue weighted by Crippen LogP contribution is -2.46. The van der Waals surface area contributed by atoms with Gasteiger partial charge in [-0.05, 0) is 29.2 Å². The molecular formula is C22H24INO5. The molecule has 0 aromatic heterocycles. The minimum Gasteiger partial charge on any atom is -0.489 e. The second kappa shape index (κ2) is 9.58. The maximum Gasteiger partial charge on any atom is 0.417 e. The average molecular weight is 509 g/mol. The Labute approximate surface area is 183 Å². The van der Waals surface area contributed by atoms with E-state index in [0.29, 0.717) is 17.9 Å². The number of aliphatic hydroxyl groups is 1. The molecule has 7 heteroatoms. The second-order valence-electron chi connectivity index (χ2n) is 7.29. The van der Waals surface area contributed by atoms with Crippen molar-refractivity contribution in [1.29, 1.82) is 0 Å². The van der Waals surface area contributed by atoms with Crippen molar-refractivity contribution < 1.29 is 24.2 Å². The van der Waals surface area contributed by atoms with Gasteiger partial charge in [0.25, 0.3) is 0 Å². The number of hydrogen-bond acceptors (Lipinski definition) is 5. The quantitative estimate of drug-likeness (QED) is 0.450. The summed E-state index contributed by atoms with van der Waals surface area (Å²) >= 11 is 1.88. The number of aliphatic hydroxyl groups excluding tert-OH is 1. The first-order valence-electron chi connectivity index (χ1n) is 9.47. The van der Waals surface area contributed by atoms with Crippen molar-refractivity contribution in [2.45, 2.75) is 36.5 Å². The zero-order valence-electron chi connectivity index (χ0n) is 16.3. The molecule has 2 amide bonds. The monoisotopic (exact) mass is 509 g/mol. The van der Waals surface area contributed by atoms with E-state index in [1.54, 1.807) is 24.3 Å². The number of imide groups is 1. The molecule has 1 aliphatic heterocycles. The fourth-order valence-electron chi connectivity index (χ4n) is 3.12. The van der Waals surface area contributed by atoms with Crippen LogP contribution in [0, 0.1) is 5.92 Å². The summed E-state index contributed by atoms with van der Waals surface area (Å²) in [5, 5.41) is 10.7. The molecule has 1 saturated heterocycles. The van der Waals surface area contributed by atoms with Gasteiger partial charge in [0.1, 0.15) is 22.9 Å².